The van der Waals surface area contributed by atoms with Gasteiger partial charge in [0.2, 0.25) is 10.0 Å². The number of sulfonamides is 1. The number of para-hydroxylation sites is 1. The van der Waals surface area contributed by atoms with Gasteiger partial charge in [-0.2, -0.15) is 0 Å². The number of carbonyl (C=O) groups excluding carboxylic acids is 1. The van der Waals surface area contributed by atoms with Gasteiger partial charge in [0.25, 0.3) is 5.91 Å². The average molecular weight is 325 g/mol. The Labute approximate surface area is 127 Å². The summed E-state index contributed by atoms with van der Waals surface area (Å²) >= 11 is 5.78. The molecule has 5 nitrogen and oxygen atoms in total. The molecule has 1 amide bonds. The molecule has 0 radical (unpaired) electrons. The number of amides is 1. The summed E-state index contributed by atoms with van der Waals surface area (Å²) in [7, 11) is -3.98. The molecule has 110 valence electrons. The van der Waals surface area contributed by atoms with Gasteiger partial charge in [-0.3, -0.25) is 4.79 Å². The molecule has 2 aromatic rings. The number of benzene rings is 2. The SMILES string of the molecule is Cc1ccccc1NC(=O)c1ccc(Cl)c(S(N)(=O)=O)c1. The Balaban J connectivity index is 2.35. The lowest BCUT2D eigenvalue weighted by Crippen LogP contribution is -2.16. The zero-order chi connectivity index (χ0) is 15.6. The third-order valence-corrected chi connectivity index (χ3v) is 4.29. The van der Waals surface area contributed by atoms with Gasteiger partial charge < -0.3 is 5.32 Å². The van der Waals surface area contributed by atoms with Crippen molar-refractivity contribution in [1.82, 2.24) is 0 Å². The fourth-order valence-electron chi connectivity index (χ4n) is 1.77. The minimum absolute atomic E-state index is 0.0232. The molecule has 0 fully saturated rings. The van der Waals surface area contributed by atoms with Crippen molar-refractivity contribution in [3.8, 4) is 0 Å². The van der Waals surface area contributed by atoms with Gasteiger partial charge in [0, 0.05) is 11.3 Å². The molecule has 0 heterocycles. The second-order valence-electron chi connectivity index (χ2n) is 4.46. The molecule has 0 saturated heterocycles. The number of rotatable bonds is 3. The van der Waals surface area contributed by atoms with Crippen molar-refractivity contribution in [3.63, 3.8) is 0 Å². The molecule has 0 unspecified atom stereocenters. The first-order valence-electron chi connectivity index (χ1n) is 5.98. The fraction of sp³-hybridized carbons (Fsp3) is 0.0714. The monoisotopic (exact) mass is 324 g/mol. The third-order valence-electron chi connectivity index (χ3n) is 2.89. The fourth-order valence-corrected chi connectivity index (χ4v) is 2.84. The summed E-state index contributed by atoms with van der Waals surface area (Å²) in [4.78, 5) is 11.9. The van der Waals surface area contributed by atoms with Crippen molar-refractivity contribution in [2.75, 3.05) is 5.32 Å². The highest BCUT2D eigenvalue weighted by Gasteiger charge is 2.16. The Hall–Kier alpha value is -1.89. The zero-order valence-corrected chi connectivity index (χ0v) is 12.7. The highest BCUT2D eigenvalue weighted by Crippen LogP contribution is 2.22. The number of primary sulfonamides is 1. The Morgan fingerprint density at radius 3 is 2.48 bits per heavy atom. The standard InChI is InChI=1S/C14H13ClN2O3S/c1-9-4-2-3-5-12(9)17-14(18)10-6-7-11(15)13(8-10)21(16,19)20/h2-8H,1H3,(H,17,18)(H2,16,19,20). The normalized spacial score (nSPS) is 11.2. The molecule has 3 N–H and O–H groups in total. The Morgan fingerprint density at radius 2 is 1.86 bits per heavy atom. The van der Waals surface area contributed by atoms with Crippen LogP contribution in [0.25, 0.3) is 0 Å². The number of nitrogens with one attached hydrogen (secondary N) is 1. The maximum absolute atomic E-state index is 12.2. The highest BCUT2D eigenvalue weighted by molar-refractivity contribution is 7.89. The van der Waals surface area contributed by atoms with E-state index in [1.165, 1.54) is 12.1 Å². The van der Waals surface area contributed by atoms with E-state index in [4.69, 9.17) is 16.7 Å². The summed E-state index contributed by atoms with van der Waals surface area (Å²) in [6, 6.07) is 11.2. The minimum Gasteiger partial charge on any atom is -0.322 e. The van der Waals surface area contributed by atoms with Crippen LogP contribution in [0.3, 0.4) is 0 Å². The molecule has 0 aliphatic rings. The minimum atomic E-state index is -3.98. The van der Waals surface area contributed by atoms with E-state index < -0.39 is 15.9 Å². The highest BCUT2D eigenvalue weighted by atomic mass is 35.5. The van der Waals surface area contributed by atoms with Crippen molar-refractivity contribution in [2.45, 2.75) is 11.8 Å². The van der Waals surface area contributed by atoms with Gasteiger partial charge in [-0.05, 0) is 36.8 Å². The second kappa shape index (κ2) is 5.85. The van der Waals surface area contributed by atoms with Crippen molar-refractivity contribution in [3.05, 3.63) is 58.6 Å². The second-order valence-corrected chi connectivity index (χ2v) is 6.40. The summed E-state index contributed by atoms with van der Waals surface area (Å²) < 4.78 is 22.8. The number of hydrogen-bond donors (Lipinski definition) is 2. The van der Waals surface area contributed by atoms with Crippen LogP contribution in [-0.4, -0.2) is 14.3 Å². The van der Waals surface area contributed by atoms with Crippen LogP contribution in [0.1, 0.15) is 15.9 Å². The van der Waals surface area contributed by atoms with E-state index in [0.29, 0.717) is 5.69 Å². The van der Waals surface area contributed by atoms with Crippen molar-refractivity contribution < 1.29 is 13.2 Å². The van der Waals surface area contributed by atoms with E-state index in [2.05, 4.69) is 5.32 Å². The van der Waals surface area contributed by atoms with Gasteiger partial charge >= 0.3 is 0 Å². The van der Waals surface area contributed by atoms with Crippen LogP contribution in [0.5, 0.6) is 0 Å². The van der Waals surface area contributed by atoms with Crippen LogP contribution in [0.2, 0.25) is 5.02 Å². The summed E-state index contributed by atoms with van der Waals surface area (Å²) in [5.74, 6) is -0.439. The smallest absolute Gasteiger partial charge is 0.255 e. The largest absolute Gasteiger partial charge is 0.322 e. The van der Waals surface area contributed by atoms with Crippen LogP contribution in [0, 0.1) is 6.92 Å². The van der Waals surface area contributed by atoms with Gasteiger partial charge in [0.1, 0.15) is 4.90 Å². The van der Waals surface area contributed by atoms with E-state index >= 15 is 0 Å². The quantitative estimate of drug-likeness (QED) is 0.909. The topological polar surface area (TPSA) is 89.3 Å². The van der Waals surface area contributed by atoms with E-state index in [-0.39, 0.29) is 15.5 Å². The molecule has 0 atom stereocenters. The number of aryl methyl sites for hydroxylation is 1. The molecule has 21 heavy (non-hydrogen) atoms. The number of hydrogen-bond acceptors (Lipinski definition) is 3. The van der Waals surface area contributed by atoms with Crippen LogP contribution >= 0.6 is 11.6 Å². The number of anilines is 1. The van der Waals surface area contributed by atoms with Crippen molar-refractivity contribution >= 4 is 33.2 Å². The third kappa shape index (κ3) is 3.60. The van der Waals surface area contributed by atoms with Crippen LogP contribution < -0.4 is 10.5 Å². The van der Waals surface area contributed by atoms with Crippen molar-refractivity contribution in [1.29, 1.82) is 0 Å². The zero-order valence-electron chi connectivity index (χ0n) is 11.1. The number of halogens is 1. The lowest BCUT2D eigenvalue weighted by molar-refractivity contribution is 0.102. The summed E-state index contributed by atoms with van der Waals surface area (Å²) in [5, 5.41) is 7.74. The number of carbonyl (C=O) groups is 1. The molecule has 0 aromatic heterocycles. The molecule has 0 saturated carbocycles. The predicted molar refractivity (Wildman–Crippen MR) is 82.0 cm³/mol. The van der Waals surface area contributed by atoms with Gasteiger partial charge in [-0.25, -0.2) is 13.6 Å². The first-order valence-corrected chi connectivity index (χ1v) is 7.91. The van der Waals surface area contributed by atoms with Gasteiger partial charge in [0.05, 0.1) is 5.02 Å². The number of nitrogens with two attached hydrogens (primary N) is 1. The predicted octanol–water partition coefficient (Wildman–Crippen LogP) is 2.55. The molecule has 7 heteroatoms. The summed E-state index contributed by atoms with van der Waals surface area (Å²) in [6.07, 6.45) is 0. The van der Waals surface area contributed by atoms with E-state index in [1.807, 2.05) is 19.1 Å². The molecule has 2 aromatic carbocycles. The molecule has 0 bridgehead atoms. The molecule has 0 aliphatic carbocycles. The van der Waals surface area contributed by atoms with Gasteiger partial charge in [0.15, 0.2) is 0 Å². The Morgan fingerprint density at radius 1 is 1.19 bits per heavy atom. The maximum atomic E-state index is 12.2. The molecular weight excluding hydrogens is 312 g/mol. The lowest BCUT2D eigenvalue weighted by atomic mass is 10.1. The summed E-state index contributed by atoms with van der Waals surface area (Å²) in [5.41, 5.74) is 1.70. The van der Waals surface area contributed by atoms with E-state index in [0.717, 1.165) is 11.6 Å². The molecule has 2 rings (SSSR count). The van der Waals surface area contributed by atoms with Crippen LogP contribution in [0.15, 0.2) is 47.4 Å². The molecule has 0 spiro atoms. The Kier molecular flexibility index (Phi) is 4.32. The van der Waals surface area contributed by atoms with Crippen LogP contribution in [-0.2, 0) is 10.0 Å². The molecule has 0 aliphatic heterocycles. The Bertz CT molecular complexity index is 804. The van der Waals surface area contributed by atoms with Crippen molar-refractivity contribution in [2.24, 2.45) is 5.14 Å². The lowest BCUT2D eigenvalue weighted by Gasteiger charge is -2.09. The van der Waals surface area contributed by atoms with E-state index in [9.17, 15) is 13.2 Å². The summed E-state index contributed by atoms with van der Waals surface area (Å²) in [6.45, 7) is 1.85. The van der Waals surface area contributed by atoms with Gasteiger partial charge in [-0.1, -0.05) is 29.8 Å². The van der Waals surface area contributed by atoms with Gasteiger partial charge in [-0.15, -0.1) is 0 Å². The first-order chi connectivity index (χ1) is 9.79. The maximum Gasteiger partial charge on any atom is 0.255 e. The average Bonchev–Trinajstić information content (AvgIpc) is 2.40. The van der Waals surface area contributed by atoms with E-state index in [1.54, 1.807) is 12.1 Å². The van der Waals surface area contributed by atoms with Crippen LogP contribution in [0.4, 0.5) is 5.69 Å². The molecular formula is C14H13ClN2O3S. The first kappa shape index (κ1) is 15.5.